The van der Waals surface area contributed by atoms with Crippen molar-refractivity contribution in [1.82, 2.24) is 4.98 Å². The molecule has 5 nitrogen and oxygen atoms in total. The number of benzene rings is 1. The Balaban J connectivity index is 2.32. The van der Waals surface area contributed by atoms with Crippen molar-refractivity contribution in [3.8, 4) is 0 Å². The van der Waals surface area contributed by atoms with E-state index in [1.165, 1.54) is 0 Å². The molecular weight excluding hydrogens is 320 g/mol. The smallest absolute Gasteiger partial charge is 0.236 e. The van der Waals surface area contributed by atoms with Crippen LogP contribution in [0.25, 0.3) is 0 Å². The molecule has 104 valence electrons. The number of nitrogens with two attached hydrogens (primary N) is 2. The highest BCUT2D eigenvalue weighted by molar-refractivity contribution is 9.10. The summed E-state index contributed by atoms with van der Waals surface area (Å²) in [4.78, 5) is 17.2. The van der Waals surface area contributed by atoms with E-state index >= 15 is 0 Å². The van der Waals surface area contributed by atoms with Crippen molar-refractivity contribution >= 4 is 33.2 Å². The van der Waals surface area contributed by atoms with E-state index in [-0.39, 0.29) is 6.54 Å². The SMILES string of the molecule is NC(=O)CN(Cc1ccccc1N)c1ccncc1Br. The molecule has 0 spiro atoms. The first kappa shape index (κ1) is 14.3. The number of anilines is 2. The first-order chi connectivity index (χ1) is 9.58. The Kier molecular flexibility index (Phi) is 4.57. The fourth-order valence-electron chi connectivity index (χ4n) is 1.92. The standard InChI is InChI=1S/C14H15BrN4O/c15-11-7-18-6-5-13(11)19(9-14(17)20)8-10-3-1-2-4-12(10)16/h1-7H,8-9,16H2,(H2,17,20). The second kappa shape index (κ2) is 6.38. The van der Waals surface area contributed by atoms with Gasteiger partial charge in [-0.3, -0.25) is 9.78 Å². The molecule has 2 rings (SSSR count). The summed E-state index contributed by atoms with van der Waals surface area (Å²) >= 11 is 3.43. The molecule has 0 fully saturated rings. The van der Waals surface area contributed by atoms with Gasteiger partial charge in [-0.1, -0.05) is 18.2 Å². The largest absolute Gasteiger partial charge is 0.398 e. The monoisotopic (exact) mass is 334 g/mol. The molecule has 0 saturated heterocycles. The zero-order valence-corrected chi connectivity index (χ0v) is 12.4. The molecule has 1 amide bonds. The maximum atomic E-state index is 11.3. The molecule has 1 aromatic carbocycles. The highest BCUT2D eigenvalue weighted by atomic mass is 79.9. The van der Waals surface area contributed by atoms with E-state index in [9.17, 15) is 4.79 Å². The predicted molar refractivity (Wildman–Crippen MR) is 83.0 cm³/mol. The summed E-state index contributed by atoms with van der Waals surface area (Å²) in [6.45, 7) is 0.606. The lowest BCUT2D eigenvalue weighted by atomic mass is 10.1. The lowest BCUT2D eigenvalue weighted by Crippen LogP contribution is -2.33. The van der Waals surface area contributed by atoms with Crippen LogP contribution < -0.4 is 16.4 Å². The third kappa shape index (κ3) is 3.48. The van der Waals surface area contributed by atoms with Crippen LogP contribution >= 0.6 is 15.9 Å². The van der Waals surface area contributed by atoms with Gasteiger partial charge in [0.05, 0.1) is 16.7 Å². The van der Waals surface area contributed by atoms with Gasteiger partial charge in [0.1, 0.15) is 0 Å². The van der Waals surface area contributed by atoms with Crippen LogP contribution in [-0.2, 0) is 11.3 Å². The summed E-state index contributed by atoms with van der Waals surface area (Å²) in [6, 6.07) is 9.37. The summed E-state index contributed by atoms with van der Waals surface area (Å²) in [5.74, 6) is -0.400. The van der Waals surface area contributed by atoms with Gasteiger partial charge in [0.2, 0.25) is 5.91 Å². The number of aromatic nitrogens is 1. The lowest BCUT2D eigenvalue weighted by Gasteiger charge is -2.25. The number of pyridine rings is 1. The number of nitrogen functional groups attached to an aromatic ring is 1. The molecule has 0 aliphatic heterocycles. The maximum absolute atomic E-state index is 11.3. The van der Waals surface area contributed by atoms with Crippen LogP contribution in [0, 0.1) is 0 Å². The van der Waals surface area contributed by atoms with Crippen LogP contribution in [0.4, 0.5) is 11.4 Å². The van der Waals surface area contributed by atoms with Crippen molar-refractivity contribution in [2.75, 3.05) is 17.2 Å². The van der Waals surface area contributed by atoms with E-state index in [1.807, 2.05) is 35.2 Å². The van der Waals surface area contributed by atoms with E-state index in [4.69, 9.17) is 11.5 Å². The highest BCUT2D eigenvalue weighted by Crippen LogP contribution is 2.27. The fourth-order valence-corrected chi connectivity index (χ4v) is 2.42. The van der Waals surface area contributed by atoms with Gasteiger partial charge in [-0.2, -0.15) is 0 Å². The van der Waals surface area contributed by atoms with Crippen LogP contribution in [-0.4, -0.2) is 17.4 Å². The number of carbonyl (C=O) groups is 1. The Morgan fingerprint density at radius 1 is 1.30 bits per heavy atom. The number of hydrogen-bond donors (Lipinski definition) is 2. The summed E-state index contributed by atoms with van der Waals surface area (Å²) < 4.78 is 0.802. The predicted octanol–water partition coefficient (Wildman–Crippen LogP) is 1.92. The summed E-state index contributed by atoms with van der Waals surface area (Å²) in [5, 5.41) is 0. The van der Waals surface area contributed by atoms with Gasteiger partial charge in [0.25, 0.3) is 0 Å². The summed E-state index contributed by atoms with van der Waals surface area (Å²) in [7, 11) is 0. The van der Waals surface area contributed by atoms with Gasteiger partial charge in [-0.15, -0.1) is 0 Å². The lowest BCUT2D eigenvalue weighted by molar-refractivity contribution is -0.116. The van der Waals surface area contributed by atoms with Gasteiger partial charge in [-0.05, 0) is 33.6 Å². The van der Waals surface area contributed by atoms with Crippen LogP contribution in [0.3, 0.4) is 0 Å². The average Bonchev–Trinajstić information content (AvgIpc) is 2.40. The Morgan fingerprint density at radius 2 is 2.05 bits per heavy atom. The quantitative estimate of drug-likeness (QED) is 0.818. The number of halogens is 1. The Labute approximate surface area is 125 Å². The molecule has 1 aromatic heterocycles. The number of hydrogen-bond acceptors (Lipinski definition) is 4. The number of amides is 1. The van der Waals surface area contributed by atoms with Crippen molar-refractivity contribution in [3.63, 3.8) is 0 Å². The number of carbonyl (C=O) groups excluding carboxylic acids is 1. The van der Waals surface area contributed by atoms with Crippen LogP contribution in [0.1, 0.15) is 5.56 Å². The summed E-state index contributed by atoms with van der Waals surface area (Å²) in [5.41, 5.74) is 13.8. The van der Waals surface area contributed by atoms with Gasteiger partial charge < -0.3 is 16.4 Å². The molecular formula is C14H15BrN4O. The van der Waals surface area contributed by atoms with Gasteiger partial charge >= 0.3 is 0 Å². The first-order valence-corrected chi connectivity index (χ1v) is 6.83. The van der Waals surface area contributed by atoms with E-state index < -0.39 is 5.91 Å². The molecule has 0 aliphatic rings. The molecule has 20 heavy (non-hydrogen) atoms. The zero-order valence-electron chi connectivity index (χ0n) is 10.8. The van der Waals surface area contributed by atoms with Crippen molar-refractivity contribution < 1.29 is 4.79 Å². The third-order valence-electron chi connectivity index (χ3n) is 2.85. The molecule has 2 aromatic rings. The van der Waals surface area contributed by atoms with Gasteiger partial charge in [-0.25, -0.2) is 0 Å². The molecule has 0 bridgehead atoms. The maximum Gasteiger partial charge on any atom is 0.236 e. The molecule has 4 N–H and O–H groups in total. The topological polar surface area (TPSA) is 85.2 Å². The molecule has 0 atom stereocenters. The van der Waals surface area contributed by atoms with Crippen molar-refractivity contribution in [2.45, 2.75) is 6.54 Å². The van der Waals surface area contributed by atoms with Gasteiger partial charge in [0.15, 0.2) is 0 Å². The first-order valence-electron chi connectivity index (χ1n) is 6.04. The van der Waals surface area contributed by atoms with Crippen LogP contribution in [0.15, 0.2) is 47.2 Å². The van der Waals surface area contributed by atoms with Gasteiger partial charge in [0, 0.05) is 24.6 Å². The minimum Gasteiger partial charge on any atom is -0.398 e. The molecule has 1 heterocycles. The van der Waals surface area contributed by atoms with Crippen molar-refractivity contribution in [1.29, 1.82) is 0 Å². The normalized spacial score (nSPS) is 10.2. The molecule has 0 radical (unpaired) electrons. The molecule has 0 unspecified atom stereocenters. The third-order valence-corrected chi connectivity index (χ3v) is 3.47. The number of para-hydroxylation sites is 1. The number of primary amides is 1. The average molecular weight is 335 g/mol. The van der Waals surface area contributed by atoms with Crippen LogP contribution in [0.2, 0.25) is 0 Å². The van der Waals surface area contributed by atoms with E-state index in [1.54, 1.807) is 12.4 Å². The Bertz CT molecular complexity index is 618. The minimum atomic E-state index is -0.400. The number of rotatable bonds is 5. The van der Waals surface area contributed by atoms with E-state index in [0.29, 0.717) is 12.2 Å². The molecule has 0 aliphatic carbocycles. The number of nitrogens with zero attached hydrogens (tertiary/aromatic N) is 2. The second-order valence-electron chi connectivity index (χ2n) is 4.35. The second-order valence-corrected chi connectivity index (χ2v) is 5.20. The van der Waals surface area contributed by atoms with Crippen molar-refractivity contribution in [3.05, 3.63) is 52.8 Å². The molecule has 0 saturated carbocycles. The van der Waals surface area contributed by atoms with E-state index in [0.717, 1.165) is 15.7 Å². The highest BCUT2D eigenvalue weighted by Gasteiger charge is 2.14. The Morgan fingerprint density at radius 3 is 2.70 bits per heavy atom. The molecule has 6 heteroatoms. The van der Waals surface area contributed by atoms with Crippen molar-refractivity contribution in [2.24, 2.45) is 5.73 Å². The summed E-state index contributed by atoms with van der Waals surface area (Å²) in [6.07, 6.45) is 3.35. The minimum absolute atomic E-state index is 0.108. The zero-order chi connectivity index (χ0) is 14.5. The van der Waals surface area contributed by atoms with E-state index in [2.05, 4.69) is 20.9 Å². The fraction of sp³-hybridized carbons (Fsp3) is 0.143. The Hall–Kier alpha value is -2.08. The van der Waals surface area contributed by atoms with Crippen LogP contribution in [0.5, 0.6) is 0 Å².